The lowest BCUT2D eigenvalue weighted by Crippen LogP contribution is -2.27. The molecule has 0 aliphatic carbocycles. The maximum absolute atomic E-state index is 6.08. The fraction of sp³-hybridized carbons (Fsp3) is 0.350. The van der Waals surface area contributed by atoms with Crippen LogP contribution in [0.4, 0.5) is 5.69 Å². The molecule has 2 aromatic rings. The van der Waals surface area contributed by atoms with Crippen LogP contribution in [0.25, 0.3) is 0 Å². The standard InChI is InChI=1S/C20H28N4O.HI/c1-14-10-15(2)12-17(11-14)23-20(21)22-13-19(24(3)4)16-6-8-18(25-5)9-7-16;/h6-12,19H,13H2,1-5H3,(H3,21,22,23);1H. The molecule has 2 rings (SSSR count). The van der Waals surface area contributed by atoms with Crippen LogP contribution in [0.1, 0.15) is 22.7 Å². The van der Waals surface area contributed by atoms with Gasteiger partial charge in [0.15, 0.2) is 5.96 Å². The Morgan fingerprint density at radius 2 is 1.69 bits per heavy atom. The molecule has 0 spiro atoms. The largest absolute Gasteiger partial charge is 0.497 e. The molecular weight excluding hydrogens is 439 g/mol. The highest BCUT2D eigenvalue weighted by Gasteiger charge is 2.14. The third-order valence-electron chi connectivity index (χ3n) is 4.05. The first-order chi connectivity index (χ1) is 11.9. The molecule has 0 saturated heterocycles. The van der Waals surface area contributed by atoms with E-state index in [1.54, 1.807) is 7.11 Å². The number of ether oxygens (including phenoxy) is 1. The van der Waals surface area contributed by atoms with E-state index in [-0.39, 0.29) is 30.0 Å². The minimum absolute atomic E-state index is 0. The predicted molar refractivity (Wildman–Crippen MR) is 121 cm³/mol. The quantitative estimate of drug-likeness (QED) is 0.383. The van der Waals surface area contributed by atoms with Crippen LogP contribution < -0.4 is 15.8 Å². The van der Waals surface area contributed by atoms with Gasteiger partial charge in [-0.05, 0) is 68.9 Å². The molecule has 0 amide bonds. The topological polar surface area (TPSA) is 62.9 Å². The maximum Gasteiger partial charge on any atom is 0.193 e. The molecule has 0 aliphatic rings. The van der Waals surface area contributed by atoms with Gasteiger partial charge in [0.2, 0.25) is 0 Å². The zero-order chi connectivity index (χ0) is 18.4. The Bertz CT molecular complexity index is 709. The molecule has 0 saturated carbocycles. The van der Waals surface area contributed by atoms with Gasteiger partial charge >= 0.3 is 0 Å². The lowest BCUT2D eigenvalue weighted by Gasteiger charge is -2.23. The SMILES string of the molecule is COc1ccc(C(CN=C(N)Nc2cc(C)cc(C)c2)N(C)C)cc1.I. The summed E-state index contributed by atoms with van der Waals surface area (Å²) in [6.07, 6.45) is 0. The summed E-state index contributed by atoms with van der Waals surface area (Å²) in [6.45, 7) is 4.71. The highest BCUT2D eigenvalue weighted by atomic mass is 127. The molecule has 0 bridgehead atoms. The average Bonchev–Trinajstić information content (AvgIpc) is 2.54. The van der Waals surface area contributed by atoms with E-state index in [4.69, 9.17) is 10.5 Å². The number of aryl methyl sites for hydroxylation is 2. The third-order valence-corrected chi connectivity index (χ3v) is 4.05. The molecule has 0 fully saturated rings. The van der Waals surface area contributed by atoms with Gasteiger partial charge in [0.1, 0.15) is 5.75 Å². The van der Waals surface area contributed by atoms with Crippen molar-refractivity contribution in [3.63, 3.8) is 0 Å². The van der Waals surface area contributed by atoms with E-state index in [2.05, 4.69) is 59.4 Å². The van der Waals surface area contributed by atoms with Crippen molar-refractivity contribution < 1.29 is 4.74 Å². The summed E-state index contributed by atoms with van der Waals surface area (Å²) in [5.41, 5.74) is 10.6. The van der Waals surface area contributed by atoms with E-state index >= 15 is 0 Å². The molecule has 6 heteroatoms. The number of guanidine groups is 1. The second-order valence-electron chi connectivity index (χ2n) is 6.48. The minimum Gasteiger partial charge on any atom is -0.497 e. The van der Waals surface area contributed by atoms with Crippen molar-refractivity contribution in [2.75, 3.05) is 33.1 Å². The van der Waals surface area contributed by atoms with Crippen molar-refractivity contribution in [1.82, 2.24) is 4.90 Å². The zero-order valence-corrected chi connectivity index (χ0v) is 18.4. The Hall–Kier alpha value is -1.80. The summed E-state index contributed by atoms with van der Waals surface area (Å²) in [6, 6.07) is 14.4. The van der Waals surface area contributed by atoms with Crippen molar-refractivity contribution in [2.24, 2.45) is 10.7 Å². The number of hydrogen-bond donors (Lipinski definition) is 2. The molecular formula is C20H29IN4O. The summed E-state index contributed by atoms with van der Waals surface area (Å²) in [5.74, 6) is 1.27. The Labute approximate surface area is 173 Å². The number of nitrogens with one attached hydrogen (secondary N) is 1. The second kappa shape index (κ2) is 10.4. The molecule has 0 heterocycles. The van der Waals surface area contributed by atoms with E-state index in [0.717, 1.165) is 11.4 Å². The van der Waals surface area contributed by atoms with Gasteiger partial charge in [-0.3, -0.25) is 4.99 Å². The molecule has 2 aromatic carbocycles. The fourth-order valence-corrected chi connectivity index (χ4v) is 2.81. The number of benzene rings is 2. The van der Waals surface area contributed by atoms with E-state index in [0.29, 0.717) is 12.5 Å². The Morgan fingerprint density at radius 1 is 1.12 bits per heavy atom. The fourth-order valence-electron chi connectivity index (χ4n) is 2.81. The molecule has 1 atom stereocenters. The van der Waals surface area contributed by atoms with Gasteiger partial charge < -0.3 is 20.7 Å². The molecule has 142 valence electrons. The van der Waals surface area contributed by atoms with Gasteiger partial charge in [0.25, 0.3) is 0 Å². The number of methoxy groups -OCH3 is 1. The van der Waals surface area contributed by atoms with Gasteiger partial charge in [-0.1, -0.05) is 18.2 Å². The zero-order valence-electron chi connectivity index (χ0n) is 16.1. The van der Waals surface area contributed by atoms with Crippen LogP contribution in [0, 0.1) is 13.8 Å². The highest BCUT2D eigenvalue weighted by molar-refractivity contribution is 14.0. The first kappa shape index (κ1) is 22.2. The lowest BCUT2D eigenvalue weighted by molar-refractivity contribution is 0.306. The van der Waals surface area contributed by atoms with E-state index in [1.807, 2.05) is 26.2 Å². The van der Waals surface area contributed by atoms with Crippen molar-refractivity contribution in [3.8, 4) is 5.75 Å². The van der Waals surface area contributed by atoms with Crippen molar-refractivity contribution in [1.29, 1.82) is 0 Å². The highest BCUT2D eigenvalue weighted by Crippen LogP contribution is 2.21. The number of halogens is 1. The van der Waals surface area contributed by atoms with Crippen LogP contribution in [0.2, 0.25) is 0 Å². The minimum atomic E-state index is 0. The normalized spacial score (nSPS) is 12.5. The van der Waals surface area contributed by atoms with Gasteiger partial charge in [-0.2, -0.15) is 0 Å². The van der Waals surface area contributed by atoms with E-state index in [9.17, 15) is 0 Å². The Balaban J connectivity index is 0.00000338. The Morgan fingerprint density at radius 3 is 2.19 bits per heavy atom. The van der Waals surface area contributed by atoms with Gasteiger partial charge in [0, 0.05) is 5.69 Å². The average molecular weight is 468 g/mol. The Kier molecular flexibility index (Phi) is 8.87. The van der Waals surface area contributed by atoms with E-state index in [1.165, 1.54) is 16.7 Å². The van der Waals surface area contributed by atoms with Gasteiger partial charge in [-0.15, -0.1) is 24.0 Å². The number of hydrogen-bond acceptors (Lipinski definition) is 3. The summed E-state index contributed by atoms with van der Waals surface area (Å²) < 4.78 is 5.22. The first-order valence-electron chi connectivity index (χ1n) is 8.34. The van der Waals surface area contributed by atoms with Crippen LogP contribution in [0.5, 0.6) is 5.75 Å². The molecule has 5 nitrogen and oxygen atoms in total. The summed E-state index contributed by atoms with van der Waals surface area (Å²) in [4.78, 5) is 6.66. The number of rotatable bonds is 6. The second-order valence-corrected chi connectivity index (χ2v) is 6.48. The summed E-state index contributed by atoms with van der Waals surface area (Å²) in [7, 11) is 5.75. The lowest BCUT2D eigenvalue weighted by atomic mass is 10.1. The number of nitrogens with zero attached hydrogens (tertiary/aromatic N) is 2. The van der Waals surface area contributed by atoms with Gasteiger partial charge in [0.05, 0.1) is 19.7 Å². The van der Waals surface area contributed by atoms with Crippen LogP contribution in [-0.4, -0.2) is 38.6 Å². The monoisotopic (exact) mass is 468 g/mol. The van der Waals surface area contributed by atoms with Crippen LogP contribution in [0.15, 0.2) is 47.5 Å². The van der Waals surface area contributed by atoms with Crippen molar-refractivity contribution >= 4 is 35.6 Å². The van der Waals surface area contributed by atoms with Crippen LogP contribution in [-0.2, 0) is 0 Å². The number of aliphatic imine (C=N–C) groups is 1. The molecule has 26 heavy (non-hydrogen) atoms. The summed E-state index contributed by atoms with van der Waals surface area (Å²) in [5, 5.41) is 3.18. The first-order valence-corrected chi connectivity index (χ1v) is 8.34. The molecule has 0 radical (unpaired) electrons. The van der Waals surface area contributed by atoms with Crippen molar-refractivity contribution in [2.45, 2.75) is 19.9 Å². The predicted octanol–water partition coefficient (Wildman–Crippen LogP) is 3.96. The number of likely N-dealkylation sites (N-methyl/N-ethyl adjacent to an activating group) is 1. The van der Waals surface area contributed by atoms with Crippen LogP contribution >= 0.6 is 24.0 Å². The molecule has 3 N–H and O–H groups in total. The molecule has 0 aromatic heterocycles. The smallest absolute Gasteiger partial charge is 0.193 e. The van der Waals surface area contributed by atoms with Gasteiger partial charge in [-0.25, -0.2) is 0 Å². The number of nitrogens with two attached hydrogens (primary N) is 1. The van der Waals surface area contributed by atoms with Crippen LogP contribution in [0.3, 0.4) is 0 Å². The van der Waals surface area contributed by atoms with E-state index < -0.39 is 0 Å². The summed E-state index contributed by atoms with van der Waals surface area (Å²) >= 11 is 0. The van der Waals surface area contributed by atoms with Crippen molar-refractivity contribution in [3.05, 3.63) is 59.2 Å². The number of anilines is 1. The molecule has 1 unspecified atom stereocenters. The molecule has 0 aliphatic heterocycles. The third kappa shape index (κ3) is 6.49. The maximum atomic E-state index is 6.08.